The second-order valence-corrected chi connectivity index (χ2v) is 7.51. The van der Waals surface area contributed by atoms with Crippen molar-refractivity contribution in [3.8, 4) is 0 Å². The van der Waals surface area contributed by atoms with Crippen molar-refractivity contribution in [2.24, 2.45) is 5.92 Å². The van der Waals surface area contributed by atoms with Crippen LogP contribution in [-0.2, 0) is 9.59 Å². The van der Waals surface area contributed by atoms with E-state index in [1.165, 1.54) is 0 Å². The summed E-state index contributed by atoms with van der Waals surface area (Å²) in [6.45, 7) is 6.36. The molecule has 0 aliphatic carbocycles. The molecule has 3 rings (SSSR count). The van der Waals surface area contributed by atoms with Crippen molar-refractivity contribution in [3.05, 3.63) is 57.6 Å². The summed E-state index contributed by atoms with van der Waals surface area (Å²) in [7, 11) is 0. The number of carbonyl (C=O) groups is 2. The minimum absolute atomic E-state index is 0.00470. The summed E-state index contributed by atoms with van der Waals surface area (Å²) in [5.74, 6) is -0.438. The smallest absolute Gasteiger partial charge is 0.229 e. The van der Waals surface area contributed by atoms with E-state index < -0.39 is 0 Å². The first-order valence-corrected chi connectivity index (χ1v) is 9.09. The zero-order valence-electron chi connectivity index (χ0n) is 14.6. The normalized spacial score (nSPS) is 17.0. The molecule has 1 aliphatic heterocycles. The molecule has 1 atom stereocenters. The molecule has 0 saturated carbocycles. The fourth-order valence-electron chi connectivity index (χ4n) is 3.33. The summed E-state index contributed by atoms with van der Waals surface area (Å²) < 4.78 is 0.972. The van der Waals surface area contributed by atoms with Gasteiger partial charge < -0.3 is 10.2 Å². The van der Waals surface area contributed by atoms with Crippen molar-refractivity contribution in [1.29, 1.82) is 0 Å². The maximum absolute atomic E-state index is 12.6. The number of hydrogen-bond acceptors (Lipinski definition) is 2. The molecular weight excluding hydrogens is 380 g/mol. The number of nitrogens with zero attached hydrogens (tertiary/aromatic N) is 1. The predicted molar refractivity (Wildman–Crippen MR) is 104 cm³/mol. The van der Waals surface area contributed by atoms with Gasteiger partial charge in [-0.15, -0.1) is 0 Å². The molecule has 130 valence electrons. The summed E-state index contributed by atoms with van der Waals surface area (Å²) in [4.78, 5) is 26.9. The minimum atomic E-state index is -0.338. The topological polar surface area (TPSA) is 49.4 Å². The van der Waals surface area contributed by atoms with Crippen LogP contribution in [0.15, 0.2) is 40.9 Å². The molecule has 0 aromatic heterocycles. The number of amides is 2. The maximum atomic E-state index is 12.6. The molecule has 2 aromatic rings. The second kappa shape index (κ2) is 7.00. The highest BCUT2D eigenvalue weighted by atomic mass is 79.9. The van der Waals surface area contributed by atoms with Crippen LogP contribution < -0.4 is 10.2 Å². The Balaban J connectivity index is 1.77. The van der Waals surface area contributed by atoms with Gasteiger partial charge in [-0.3, -0.25) is 9.59 Å². The van der Waals surface area contributed by atoms with Gasteiger partial charge in [-0.2, -0.15) is 0 Å². The fraction of sp³-hybridized carbons (Fsp3) is 0.300. The van der Waals surface area contributed by atoms with Gasteiger partial charge in [-0.1, -0.05) is 34.1 Å². The lowest BCUT2D eigenvalue weighted by Gasteiger charge is -2.21. The Morgan fingerprint density at radius 3 is 2.44 bits per heavy atom. The van der Waals surface area contributed by atoms with Gasteiger partial charge in [0.05, 0.1) is 5.92 Å². The number of aryl methyl sites for hydroxylation is 3. The summed E-state index contributed by atoms with van der Waals surface area (Å²) in [5.41, 5.74) is 4.81. The zero-order chi connectivity index (χ0) is 18.1. The molecule has 0 unspecified atom stereocenters. The van der Waals surface area contributed by atoms with Gasteiger partial charge in [0.2, 0.25) is 11.8 Å². The molecule has 4 nitrogen and oxygen atoms in total. The van der Waals surface area contributed by atoms with Crippen LogP contribution in [0.25, 0.3) is 0 Å². The van der Waals surface area contributed by atoms with E-state index in [1.807, 2.05) is 57.2 Å². The van der Waals surface area contributed by atoms with E-state index in [4.69, 9.17) is 0 Å². The van der Waals surface area contributed by atoms with Crippen molar-refractivity contribution < 1.29 is 9.59 Å². The molecule has 0 radical (unpaired) electrons. The van der Waals surface area contributed by atoms with Gasteiger partial charge in [-0.05, 0) is 55.7 Å². The van der Waals surface area contributed by atoms with Crippen LogP contribution >= 0.6 is 15.9 Å². The molecule has 25 heavy (non-hydrogen) atoms. The summed E-state index contributed by atoms with van der Waals surface area (Å²) in [6, 6.07) is 11.7. The van der Waals surface area contributed by atoms with Crippen LogP contribution in [0.4, 0.5) is 11.4 Å². The molecule has 1 saturated heterocycles. The van der Waals surface area contributed by atoms with Crippen molar-refractivity contribution in [2.45, 2.75) is 27.2 Å². The fourth-order valence-corrected chi connectivity index (χ4v) is 3.81. The van der Waals surface area contributed by atoms with Crippen molar-refractivity contribution in [3.63, 3.8) is 0 Å². The predicted octanol–water partition coefficient (Wildman–Crippen LogP) is 4.37. The average Bonchev–Trinajstić information content (AvgIpc) is 2.92. The summed E-state index contributed by atoms with van der Waals surface area (Å²) in [6.07, 6.45) is 0.245. The number of halogens is 1. The lowest BCUT2D eigenvalue weighted by atomic mass is 10.1. The van der Waals surface area contributed by atoms with E-state index in [2.05, 4.69) is 21.2 Å². The Morgan fingerprint density at radius 1 is 1.12 bits per heavy atom. The van der Waals surface area contributed by atoms with Crippen LogP contribution in [0, 0.1) is 26.7 Å². The third-order valence-corrected chi connectivity index (χ3v) is 5.14. The SMILES string of the molecule is Cc1cc(Br)ccc1NC(=O)[C@@H]1CC(=O)N(c2c(C)cccc2C)C1. The number of para-hydroxylation sites is 1. The third-order valence-electron chi connectivity index (χ3n) is 4.65. The van der Waals surface area contributed by atoms with Crippen molar-refractivity contribution in [2.75, 3.05) is 16.8 Å². The van der Waals surface area contributed by atoms with E-state index in [1.54, 1.807) is 4.90 Å². The summed E-state index contributed by atoms with van der Waals surface area (Å²) >= 11 is 3.42. The molecule has 2 amide bonds. The number of rotatable bonds is 3. The molecule has 1 heterocycles. The van der Waals surface area contributed by atoms with Crippen LogP contribution in [0.2, 0.25) is 0 Å². The molecular formula is C20H21BrN2O2. The van der Waals surface area contributed by atoms with Gasteiger partial charge in [0.25, 0.3) is 0 Å². The number of benzene rings is 2. The average molecular weight is 401 g/mol. The van der Waals surface area contributed by atoms with E-state index in [0.29, 0.717) is 6.54 Å². The largest absolute Gasteiger partial charge is 0.326 e. The highest BCUT2D eigenvalue weighted by Crippen LogP contribution is 2.31. The van der Waals surface area contributed by atoms with Crippen molar-refractivity contribution >= 4 is 39.1 Å². The van der Waals surface area contributed by atoms with Gasteiger partial charge in [0.1, 0.15) is 0 Å². The van der Waals surface area contributed by atoms with E-state index in [-0.39, 0.29) is 24.2 Å². The van der Waals surface area contributed by atoms with Gasteiger partial charge in [-0.25, -0.2) is 0 Å². The lowest BCUT2D eigenvalue weighted by Crippen LogP contribution is -2.29. The second-order valence-electron chi connectivity index (χ2n) is 6.59. The molecule has 1 aliphatic rings. The van der Waals surface area contributed by atoms with Crippen molar-refractivity contribution in [1.82, 2.24) is 0 Å². The van der Waals surface area contributed by atoms with Crippen LogP contribution in [-0.4, -0.2) is 18.4 Å². The Hall–Kier alpha value is -2.14. The van der Waals surface area contributed by atoms with Crippen LogP contribution in [0.1, 0.15) is 23.1 Å². The quantitative estimate of drug-likeness (QED) is 0.831. The zero-order valence-corrected chi connectivity index (χ0v) is 16.2. The van der Waals surface area contributed by atoms with Crippen LogP contribution in [0.5, 0.6) is 0 Å². The third kappa shape index (κ3) is 3.61. The van der Waals surface area contributed by atoms with E-state index in [9.17, 15) is 9.59 Å². The molecule has 5 heteroatoms. The number of hydrogen-bond donors (Lipinski definition) is 1. The molecule has 1 fully saturated rings. The molecule has 2 aromatic carbocycles. The number of carbonyl (C=O) groups excluding carboxylic acids is 2. The number of anilines is 2. The first-order chi connectivity index (χ1) is 11.9. The lowest BCUT2D eigenvalue weighted by molar-refractivity contribution is -0.122. The van der Waals surface area contributed by atoms with E-state index in [0.717, 1.165) is 32.5 Å². The molecule has 1 N–H and O–H groups in total. The Morgan fingerprint density at radius 2 is 1.80 bits per heavy atom. The maximum Gasteiger partial charge on any atom is 0.229 e. The highest BCUT2D eigenvalue weighted by molar-refractivity contribution is 9.10. The Kier molecular flexibility index (Phi) is 4.95. The highest BCUT2D eigenvalue weighted by Gasteiger charge is 2.36. The van der Waals surface area contributed by atoms with E-state index >= 15 is 0 Å². The standard InChI is InChI=1S/C20H21BrN2O2/c1-12-5-4-6-13(2)19(12)23-11-15(10-18(23)24)20(25)22-17-8-7-16(21)9-14(17)3/h4-9,15H,10-11H2,1-3H3,(H,22,25)/t15-/m1/s1. The number of nitrogens with one attached hydrogen (secondary N) is 1. The first-order valence-electron chi connectivity index (χ1n) is 8.30. The monoisotopic (exact) mass is 400 g/mol. The van der Waals surface area contributed by atoms with Crippen LogP contribution in [0.3, 0.4) is 0 Å². The van der Waals surface area contributed by atoms with Gasteiger partial charge >= 0.3 is 0 Å². The molecule has 0 bridgehead atoms. The van der Waals surface area contributed by atoms with Gasteiger partial charge in [0.15, 0.2) is 0 Å². The Labute approximate surface area is 156 Å². The first kappa shape index (κ1) is 17.7. The Bertz CT molecular complexity index is 827. The summed E-state index contributed by atoms with van der Waals surface area (Å²) in [5, 5.41) is 2.96. The van der Waals surface area contributed by atoms with Gasteiger partial charge in [0, 0.05) is 28.8 Å². The molecule has 0 spiro atoms. The minimum Gasteiger partial charge on any atom is -0.326 e.